The van der Waals surface area contributed by atoms with E-state index >= 15 is 0 Å². The third kappa shape index (κ3) is 2.08. The maximum Gasteiger partial charge on any atom is 0.257 e. The fourth-order valence-electron chi connectivity index (χ4n) is 2.68. The summed E-state index contributed by atoms with van der Waals surface area (Å²) in [6.07, 6.45) is 7.42. The molecule has 0 bridgehead atoms. The van der Waals surface area contributed by atoms with E-state index in [0.717, 1.165) is 40.8 Å². The molecule has 4 heteroatoms. The zero-order valence-corrected chi connectivity index (χ0v) is 11.3. The molecular weight excluding hydrogens is 252 g/mol. The van der Waals surface area contributed by atoms with Gasteiger partial charge in [0.15, 0.2) is 0 Å². The molecule has 0 spiro atoms. The molecular formula is C16H16N2O2. The maximum atomic E-state index is 12.2. The number of nitrogens with one attached hydrogen (secondary N) is 1. The largest absolute Gasteiger partial charge is 0.392 e. The van der Waals surface area contributed by atoms with Crippen LogP contribution in [-0.4, -0.2) is 21.7 Å². The zero-order chi connectivity index (χ0) is 14.1. The van der Waals surface area contributed by atoms with Crippen molar-refractivity contribution in [2.45, 2.75) is 19.8 Å². The van der Waals surface area contributed by atoms with Gasteiger partial charge < -0.3 is 10.1 Å². The van der Waals surface area contributed by atoms with Gasteiger partial charge in [-0.05, 0) is 48.6 Å². The second kappa shape index (κ2) is 5.06. The molecule has 0 radical (unpaired) electrons. The van der Waals surface area contributed by atoms with Crippen LogP contribution in [0, 0.1) is 6.92 Å². The first-order valence-electron chi connectivity index (χ1n) is 6.69. The Bertz CT molecular complexity index is 785. The third-order valence-corrected chi connectivity index (χ3v) is 3.70. The number of rotatable bonds is 2. The SMILES string of the molecule is Cc1c(C2=CC(CO)=CCC2)[nH]c(=O)c2cccnc12. The second-order valence-corrected chi connectivity index (χ2v) is 5.00. The van der Waals surface area contributed by atoms with Crippen LogP contribution < -0.4 is 5.56 Å². The molecule has 2 N–H and O–H groups in total. The van der Waals surface area contributed by atoms with E-state index in [1.165, 1.54) is 0 Å². The predicted octanol–water partition coefficient (Wildman–Crippen LogP) is 2.33. The number of allylic oxidation sites excluding steroid dienone is 2. The minimum atomic E-state index is -0.116. The standard InChI is InChI=1S/C16H16N2O2/c1-10-14(12-5-2-4-11(8-12)9-19)18-16(20)13-6-3-7-17-15(10)13/h3-4,6-8,19H,2,5,9H2,1H3,(H,18,20). The van der Waals surface area contributed by atoms with Crippen LogP contribution in [0.1, 0.15) is 24.1 Å². The molecule has 0 amide bonds. The molecule has 0 saturated heterocycles. The van der Waals surface area contributed by atoms with E-state index in [0.29, 0.717) is 5.39 Å². The molecule has 0 fully saturated rings. The van der Waals surface area contributed by atoms with Crippen molar-refractivity contribution >= 4 is 16.5 Å². The number of aliphatic hydroxyl groups excluding tert-OH is 1. The number of hydrogen-bond acceptors (Lipinski definition) is 3. The molecule has 0 aliphatic heterocycles. The zero-order valence-electron chi connectivity index (χ0n) is 11.3. The lowest BCUT2D eigenvalue weighted by Crippen LogP contribution is -2.13. The first-order valence-corrected chi connectivity index (χ1v) is 6.69. The molecule has 4 nitrogen and oxygen atoms in total. The van der Waals surface area contributed by atoms with E-state index < -0.39 is 0 Å². The number of nitrogens with zero attached hydrogens (tertiary/aromatic N) is 1. The van der Waals surface area contributed by atoms with Gasteiger partial charge in [-0.3, -0.25) is 9.78 Å². The lowest BCUT2D eigenvalue weighted by Gasteiger charge is -2.15. The molecule has 2 aromatic heterocycles. The van der Waals surface area contributed by atoms with Gasteiger partial charge in [0.25, 0.3) is 5.56 Å². The summed E-state index contributed by atoms with van der Waals surface area (Å²) in [7, 11) is 0. The van der Waals surface area contributed by atoms with E-state index in [1.54, 1.807) is 18.3 Å². The molecule has 0 unspecified atom stereocenters. The highest BCUT2D eigenvalue weighted by molar-refractivity contribution is 5.85. The highest BCUT2D eigenvalue weighted by Crippen LogP contribution is 2.28. The molecule has 0 aromatic carbocycles. The van der Waals surface area contributed by atoms with Gasteiger partial charge in [0.1, 0.15) is 0 Å². The minimum absolute atomic E-state index is 0.0264. The van der Waals surface area contributed by atoms with E-state index in [4.69, 9.17) is 0 Å². The van der Waals surface area contributed by atoms with Gasteiger partial charge in [0, 0.05) is 11.9 Å². The molecule has 1 aliphatic rings. The smallest absolute Gasteiger partial charge is 0.257 e. The Hall–Kier alpha value is -2.20. The molecule has 0 atom stereocenters. The van der Waals surface area contributed by atoms with Crippen LogP contribution in [0.3, 0.4) is 0 Å². The van der Waals surface area contributed by atoms with Gasteiger partial charge in [-0.15, -0.1) is 0 Å². The van der Waals surface area contributed by atoms with Gasteiger partial charge in [-0.2, -0.15) is 0 Å². The summed E-state index contributed by atoms with van der Waals surface area (Å²) < 4.78 is 0. The number of aryl methyl sites for hydroxylation is 1. The van der Waals surface area contributed by atoms with Crippen LogP contribution in [0.4, 0.5) is 0 Å². The monoisotopic (exact) mass is 268 g/mol. The summed E-state index contributed by atoms with van der Waals surface area (Å²) in [5.41, 5.74) is 4.39. The fraction of sp³-hybridized carbons (Fsp3) is 0.250. The first kappa shape index (κ1) is 12.8. The van der Waals surface area contributed by atoms with E-state index in [-0.39, 0.29) is 12.2 Å². The molecule has 2 aromatic rings. The molecule has 3 rings (SSSR count). The summed E-state index contributed by atoms with van der Waals surface area (Å²) in [6.45, 7) is 2.00. The van der Waals surface area contributed by atoms with E-state index in [9.17, 15) is 9.90 Å². The first-order chi connectivity index (χ1) is 9.70. The quantitative estimate of drug-likeness (QED) is 0.878. The van der Waals surface area contributed by atoms with Gasteiger partial charge in [0.2, 0.25) is 0 Å². The fourth-order valence-corrected chi connectivity index (χ4v) is 2.68. The Labute approximate surface area is 116 Å². The highest BCUT2D eigenvalue weighted by Gasteiger charge is 2.14. The average Bonchev–Trinajstić information content (AvgIpc) is 2.51. The van der Waals surface area contributed by atoms with Crippen LogP contribution in [-0.2, 0) is 0 Å². The van der Waals surface area contributed by atoms with Crippen molar-refractivity contribution in [2.24, 2.45) is 0 Å². The number of H-pyrrole nitrogens is 1. The van der Waals surface area contributed by atoms with Crippen LogP contribution >= 0.6 is 0 Å². The summed E-state index contributed by atoms with van der Waals surface area (Å²) >= 11 is 0. The van der Waals surface area contributed by atoms with Gasteiger partial charge in [0.05, 0.1) is 17.5 Å². The lowest BCUT2D eigenvalue weighted by atomic mass is 9.94. The number of aromatic amines is 1. The van der Waals surface area contributed by atoms with E-state index in [1.807, 2.05) is 19.1 Å². The number of aromatic nitrogens is 2. The van der Waals surface area contributed by atoms with Crippen molar-refractivity contribution in [1.82, 2.24) is 9.97 Å². The molecule has 102 valence electrons. The summed E-state index contributed by atoms with van der Waals surface area (Å²) in [5.74, 6) is 0. The van der Waals surface area contributed by atoms with Crippen molar-refractivity contribution in [3.05, 3.63) is 57.7 Å². The summed E-state index contributed by atoms with van der Waals surface area (Å²) in [6, 6.07) is 3.55. The van der Waals surface area contributed by atoms with Crippen molar-refractivity contribution in [2.75, 3.05) is 6.61 Å². The molecule has 2 heterocycles. The minimum Gasteiger partial charge on any atom is -0.392 e. The van der Waals surface area contributed by atoms with Crippen LogP contribution in [0.15, 0.2) is 40.8 Å². The van der Waals surface area contributed by atoms with Crippen molar-refractivity contribution in [1.29, 1.82) is 0 Å². The summed E-state index contributed by atoms with van der Waals surface area (Å²) in [5, 5.41) is 9.87. The average molecular weight is 268 g/mol. The lowest BCUT2D eigenvalue weighted by molar-refractivity contribution is 0.334. The normalized spacial score (nSPS) is 15.1. The Morgan fingerprint density at radius 2 is 2.30 bits per heavy atom. The Kier molecular flexibility index (Phi) is 3.24. The number of aliphatic hydroxyl groups is 1. The van der Waals surface area contributed by atoms with Crippen molar-refractivity contribution in [3.63, 3.8) is 0 Å². The van der Waals surface area contributed by atoms with E-state index in [2.05, 4.69) is 9.97 Å². The Morgan fingerprint density at radius 1 is 1.45 bits per heavy atom. The number of hydrogen-bond donors (Lipinski definition) is 2. The number of fused-ring (bicyclic) bond motifs is 1. The maximum absolute atomic E-state index is 12.2. The van der Waals surface area contributed by atoms with Crippen LogP contribution in [0.2, 0.25) is 0 Å². The van der Waals surface area contributed by atoms with Crippen LogP contribution in [0.25, 0.3) is 16.5 Å². The predicted molar refractivity (Wildman–Crippen MR) is 79.5 cm³/mol. The second-order valence-electron chi connectivity index (χ2n) is 5.00. The number of pyridine rings is 2. The van der Waals surface area contributed by atoms with Gasteiger partial charge in [-0.1, -0.05) is 12.2 Å². The Balaban J connectivity index is 2.23. The van der Waals surface area contributed by atoms with Gasteiger partial charge in [-0.25, -0.2) is 0 Å². The Morgan fingerprint density at radius 3 is 3.10 bits per heavy atom. The molecule has 1 aliphatic carbocycles. The van der Waals surface area contributed by atoms with Crippen molar-refractivity contribution in [3.8, 4) is 0 Å². The highest BCUT2D eigenvalue weighted by atomic mass is 16.3. The topological polar surface area (TPSA) is 66.0 Å². The molecule has 0 saturated carbocycles. The third-order valence-electron chi connectivity index (χ3n) is 3.70. The van der Waals surface area contributed by atoms with Gasteiger partial charge >= 0.3 is 0 Å². The molecule has 20 heavy (non-hydrogen) atoms. The van der Waals surface area contributed by atoms with Crippen LogP contribution in [0.5, 0.6) is 0 Å². The summed E-state index contributed by atoms with van der Waals surface area (Å²) in [4.78, 5) is 19.4. The van der Waals surface area contributed by atoms with Crippen molar-refractivity contribution < 1.29 is 5.11 Å².